The van der Waals surface area contributed by atoms with Gasteiger partial charge in [-0.2, -0.15) is 0 Å². The first kappa shape index (κ1) is 18.9. The minimum atomic E-state index is -0.543. The van der Waals surface area contributed by atoms with Crippen LogP contribution in [0.1, 0.15) is 33.3 Å². The summed E-state index contributed by atoms with van der Waals surface area (Å²) in [5.41, 5.74) is 2.76. The molecule has 3 aromatic rings. The Balaban J connectivity index is 1.56. The molecule has 0 unspecified atom stereocenters. The largest absolute Gasteiger partial charge is 0.460 e. The number of carbonyl (C=O) groups excluding carboxylic acids is 1. The molecule has 5 nitrogen and oxygen atoms in total. The lowest BCUT2D eigenvalue weighted by Crippen LogP contribution is -2.19. The number of halogens is 2. The molecule has 2 heterocycles. The molecule has 0 saturated carbocycles. The number of benzene rings is 2. The van der Waals surface area contributed by atoms with Crippen LogP contribution < -0.4 is 4.74 Å². The summed E-state index contributed by atoms with van der Waals surface area (Å²) in [6, 6.07) is 16.7. The van der Waals surface area contributed by atoms with Crippen molar-refractivity contribution in [1.29, 1.82) is 0 Å². The number of carbonyl (C=O) groups is 1. The molecule has 0 radical (unpaired) electrons. The predicted molar refractivity (Wildman–Crippen MR) is 107 cm³/mol. The second kappa shape index (κ2) is 8.31. The molecule has 0 aliphatic carbocycles. The number of pyridine rings is 1. The van der Waals surface area contributed by atoms with Crippen molar-refractivity contribution in [3.05, 3.63) is 92.7 Å². The van der Waals surface area contributed by atoms with Gasteiger partial charge in [0.15, 0.2) is 0 Å². The maximum Gasteiger partial charge on any atom is 0.341 e. The molecule has 0 fully saturated rings. The molecule has 0 saturated heterocycles. The summed E-state index contributed by atoms with van der Waals surface area (Å²) in [4.78, 5) is 16.3. The normalized spacial score (nSPS) is 15.4. The van der Waals surface area contributed by atoms with Crippen LogP contribution in [-0.4, -0.2) is 11.0 Å². The standard InChI is InChI=1S/C21H15BrClNO4/c22-16-9-14(11-26-20(25)17-7-4-8-24-19(17)23)18-15(10-16)12-27-21(28-18)13-5-2-1-3-6-13/h1-10,21H,11-12H2/t21-/m1/s1. The summed E-state index contributed by atoms with van der Waals surface area (Å²) < 4.78 is 18.2. The van der Waals surface area contributed by atoms with E-state index in [2.05, 4.69) is 20.9 Å². The van der Waals surface area contributed by atoms with Crippen LogP contribution in [0.15, 0.2) is 65.3 Å². The Bertz CT molecular complexity index is 1010. The summed E-state index contributed by atoms with van der Waals surface area (Å²) in [5.74, 6) is 0.117. The maximum atomic E-state index is 12.4. The van der Waals surface area contributed by atoms with Gasteiger partial charge in [0, 0.05) is 27.4 Å². The van der Waals surface area contributed by atoms with Crippen LogP contribution in [0.3, 0.4) is 0 Å². The fourth-order valence-electron chi connectivity index (χ4n) is 2.92. The van der Waals surface area contributed by atoms with Gasteiger partial charge in [-0.1, -0.05) is 57.9 Å². The van der Waals surface area contributed by atoms with E-state index < -0.39 is 12.3 Å². The average Bonchev–Trinajstić information content (AvgIpc) is 2.72. The number of rotatable bonds is 4. The number of fused-ring (bicyclic) bond motifs is 1. The molecule has 2 aromatic carbocycles. The molecule has 0 N–H and O–H groups in total. The summed E-state index contributed by atoms with van der Waals surface area (Å²) in [6.45, 7) is 0.428. The van der Waals surface area contributed by atoms with E-state index >= 15 is 0 Å². The molecule has 0 bridgehead atoms. The highest BCUT2D eigenvalue weighted by Gasteiger charge is 2.25. The van der Waals surface area contributed by atoms with Crippen LogP contribution in [-0.2, 0) is 22.7 Å². The monoisotopic (exact) mass is 459 g/mol. The fourth-order valence-corrected chi connectivity index (χ4v) is 3.67. The number of hydrogen-bond acceptors (Lipinski definition) is 5. The van der Waals surface area contributed by atoms with E-state index in [0.29, 0.717) is 12.4 Å². The molecule has 0 spiro atoms. The third-order valence-corrected chi connectivity index (χ3v) is 4.99. The third kappa shape index (κ3) is 4.04. The van der Waals surface area contributed by atoms with Crippen molar-refractivity contribution in [2.45, 2.75) is 19.5 Å². The van der Waals surface area contributed by atoms with Crippen LogP contribution in [0.2, 0.25) is 5.15 Å². The first-order chi connectivity index (χ1) is 13.6. The summed E-state index contributed by atoms with van der Waals surface area (Å²) in [6.07, 6.45) is 0.999. The lowest BCUT2D eigenvalue weighted by atomic mass is 10.1. The molecule has 1 atom stereocenters. The number of hydrogen-bond donors (Lipinski definition) is 0. The number of nitrogens with zero attached hydrogens (tertiary/aromatic N) is 1. The molecule has 4 rings (SSSR count). The maximum absolute atomic E-state index is 12.4. The molecule has 7 heteroatoms. The molecule has 1 aliphatic heterocycles. The van der Waals surface area contributed by atoms with Crippen LogP contribution in [0.4, 0.5) is 0 Å². The molecular weight excluding hydrogens is 446 g/mol. The van der Waals surface area contributed by atoms with Crippen molar-refractivity contribution in [3.8, 4) is 5.75 Å². The highest BCUT2D eigenvalue weighted by Crippen LogP contribution is 2.38. The van der Waals surface area contributed by atoms with Crippen LogP contribution in [0.25, 0.3) is 0 Å². The van der Waals surface area contributed by atoms with Gasteiger partial charge in [0.25, 0.3) is 0 Å². The second-order valence-corrected chi connectivity index (χ2v) is 7.42. The summed E-state index contributed by atoms with van der Waals surface area (Å²) >= 11 is 9.45. The Morgan fingerprint density at radius 2 is 2.04 bits per heavy atom. The van der Waals surface area contributed by atoms with Crippen molar-refractivity contribution in [1.82, 2.24) is 4.98 Å². The Hall–Kier alpha value is -2.41. The zero-order valence-electron chi connectivity index (χ0n) is 14.6. The zero-order valence-corrected chi connectivity index (χ0v) is 16.9. The van der Waals surface area contributed by atoms with E-state index in [1.54, 1.807) is 12.1 Å². The van der Waals surface area contributed by atoms with Crippen molar-refractivity contribution >= 4 is 33.5 Å². The van der Waals surface area contributed by atoms with E-state index in [-0.39, 0.29) is 17.3 Å². The number of ether oxygens (including phenoxy) is 3. The van der Waals surface area contributed by atoms with Gasteiger partial charge < -0.3 is 14.2 Å². The summed E-state index contributed by atoms with van der Waals surface area (Å²) in [5, 5.41) is 0.109. The van der Waals surface area contributed by atoms with Gasteiger partial charge in [-0.25, -0.2) is 9.78 Å². The first-order valence-electron chi connectivity index (χ1n) is 8.54. The van der Waals surface area contributed by atoms with Crippen LogP contribution in [0.5, 0.6) is 5.75 Å². The van der Waals surface area contributed by atoms with Gasteiger partial charge in [0.05, 0.1) is 12.2 Å². The Labute approximate surface area is 175 Å². The minimum absolute atomic E-state index is 0.0351. The molecule has 142 valence electrons. The third-order valence-electron chi connectivity index (χ3n) is 4.23. The molecule has 28 heavy (non-hydrogen) atoms. The van der Waals surface area contributed by atoms with Crippen molar-refractivity contribution in [2.24, 2.45) is 0 Å². The highest BCUT2D eigenvalue weighted by atomic mass is 79.9. The number of aromatic nitrogens is 1. The van der Waals surface area contributed by atoms with Gasteiger partial charge in [-0.15, -0.1) is 0 Å². The van der Waals surface area contributed by atoms with E-state index in [4.69, 9.17) is 25.8 Å². The van der Waals surface area contributed by atoms with Crippen molar-refractivity contribution < 1.29 is 19.0 Å². The first-order valence-corrected chi connectivity index (χ1v) is 9.71. The van der Waals surface area contributed by atoms with Gasteiger partial charge in [0.2, 0.25) is 6.29 Å². The molecule has 1 aromatic heterocycles. The van der Waals surface area contributed by atoms with Crippen LogP contribution >= 0.6 is 27.5 Å². The van der Waals surface area contributed by atoms with E-state index in [1.807, 2.05) is 42.5 Å². The van der Waals surface area contributed by atoms with E-state index in [9.17, 15) is 4.79 Å². The van der Waals surface area contributed by atoms with Crippen molar-refractivity contribution in [3.63, 3.8) is 0 Å². The highest BCUT2D eigenvalue weighted by molar-refractivity contribution is 9.10. The molecule has 0 amide bonds. The number of esters is 1. The predicted octanol–water partition coefficient (Wildman–Crippen LogP) is 5.46. The van der Waals surface area contributed by atoms with Gasteiger partial charge >= 0.3 is 5.97 Å². The van der Waals surface area contributed by atoms with E-state index in [1.165, 1.54) is 6.20 Å². The average molecular weight is 461 g/mol. The van der Waals surface area contributed by atoms with Crippen molar-refractivity contribution in [2.75, 3.05) is 0 Å². The SMILES string of the molecule is O=C(OCc1cc(Br)cc2c1O[C@H](c1ccccc1)OC2)c1cccnc1Cl. The second-order valence-electron chi connectivity index (χ2n) is 6.14. The topological polar surface area (TPSA) is 57.7 Å². The van der Waals surface area contributed by atoms with Gasteiger partial charge in [-0.3, -0.25) is 0 Å². The fraction of sp³-hybridized carbons (Fsp3) is 0.143. The Kier molecular flexibility index (Phi) is 5.62. The lowest BCUT2D eigenvalue weighted by molar-refractivity contribution is -0.112. The van der Waals surface area contributed by atoms with Gasteiger partial charge in [-0.05, 0) is 24.3 Å². The Morgan fingerprint density at radius 3 is 2.82 bits per heavy atom. The lowest BCUT2D eigenvalue weighted by Gasteiger charge is -2.28. The molecular formula is C21H15BrClNO4. The minimum Gasteiger partial charge on any atom is -0.460 e. The smallest absolute Gasteiger partial charge is 0.341 e. The quantitative estimate of drug-likeness (QED) is 0.382. The van der Waals surface area contributed by atoms with Gasteiger partial charge in [0.1, 0.15) is 17.5 Å². The van der Waals surface area contributed by atoms with E-state index in [0.717, 1.165) is 21.2 Å². The summed E-state index contributed by atoms with van der Waals surface area (Å²) in [7, 11) is 0. The van der Waals surface area contributed by atoms with Crippen LogP contribution in [0, 0.1) is 0 Å². The molecule has 1 aliphatic rings. The zero-order chi connectivity index (χ0) is 19.5. The Morgan fingerprint density at radius 1 is 1.21 bits per heavy atom.